The van der Waals surface area contributed by atoms with E-state index in [0.717, 1.165) is 22.3 Å². The van der Waals surface area contributed by atoms with Crippen LogP contribution in [0.25, 0.3) is 34.4 Å². The Kier molecular flexibility index (Phi) is 7.91. The van der Waals surface area contributed by atoms with E-state index in [1.807, 2.05) is 73.7 Å². The minimum atomic E-state index is -0.984. The Morgan fingerprint density at radius 1 is 0.575 bits per heavy atom. The molecule has 4 unspecified atom stereocenters. The van der Waals surface area contributed by atoms with Crippen molar-refractivity contribution in [2.45, 2.75) is 52.9 Å². The second-order valence-electron chi connectivity index (χ2n) is 11.1. The van der Waals surface area contributed by atoms with Crippen LogP contribution in [0.4, 0.5) is 0 Å². The summed E-state index contributed by atoms with van der Waals surface area (Å²) < 4.78 is 0. The third-order valence-electron chi connectivity index (χ3n) is 8.56. The zero-order chi connectivity index (χ0) is 28.6. The Balaban J connectivity index is 1.39. The van der Waals surface area contributed by atoms with Crippen LogP contribution in [0.15, 0.2) is 96.1 Å². The lowest BCUT2D eigenvalue weighted by Crippen LogP contribution is -2.19. The number of hydrogen-bond acceptors (Lipinski definition) is 3. The van der Waals surface area contributed by atoms with Crippen molar-refractivity contribution in [2.75, 3.05) is 0 Å². The van der Waals surface area contributed by atoms with E-state index in [4.69, 9.17) is 0 Å². The fourth-order valence-corrected chi connectivity index (χ4v) is 5.79. The fourth-order valence-electron chi connectivity index (χ4n) is 5.79. The van der Waals surface area contributed by atoms with Crippen molar-refractivity contribution in [1.82, 2.24) is 0 Å². The molecule has 0 amide bonds. The van der Waals surface area contributed by atoms with Crippen LogP contribution < -0.4 is 0 Å². The third-order valence-corrected chi connectivity index (χ3v) is 8.56. The largest absolute Gasteiger partial charge is 0.388 e. The maximum Gasteiger partial charge on any atom is 0.109 e. The monoisotopic (exact) mass is 530 g/mol. The zero-order valence-electron chi connectivity index (χ0n) is 23.9. The number of aliphatic hydroxyl groups excluding tert-OH is 3. The molecule has 1 aliphatic carbocycles. The van der Waals surface area contributed by atoms with Gasteiger partial charge in [-0.25, -0.2) is 0 Å². The first kappa shape index (κ1) is 27.8. The highest BCUT2D eigenvalue weighted by Crippen LogP contribution is 2.52. The maximum absolute atomic E-state index is 10.9. The van der Waals surface area contributed by atoms with Gasteiger partial charge in [-0.3, -0.25) is 0 Å². The molecule has 3 nitrogen and oxygen atoms in total. The van der Waals surface area contributed by atoms with Gasteiger partial charge in [0.1, 0.15) is 12.2 Å². The predicted octanol–water partition coefficient (Wildman–Crippen LogP) is 8.22. The maximum atomic E-state index is 10.9. The predicted molar refractivity (Wildman–Crippen MR) is 166 cm³/mol. The molecular weight excluding hydrogens is 492 g/mol. The van der Waals surface area contributed by atoms with Gasteiger partial charge in [0.05, 0.1) is 6.10 Å². The van der Waals surface area contributed by atoms with Crippen molar-refractivity contribution < 1.29 is 15.3 Å². The molecule has 0 aromatic heterocycles. The Hall–Kier alpha value is -3.76. The van der Waals surface area contributed by atoms with E-state index < -0.39 is 18.3 Å². The lowest BCUT2D eigenvalue weighted by Gasteiger charge is -2.30. The molecule has 3 heteroatoms. The third kappa shape index (κ3) is 5.09. The normalized spacial score (nSPS) is 15.9. The molecule has 3 N–H and O–H groups in total. The average Bonchev–Trinajstić information content (AvgIpc) is 2.97. The van der Waals surface area contributed by atoms with Gasteiger partial charge in [-0.2, -0.15) is 0 Å². The molecule has 0 spiro atoms. The molecule has 1 aliphatic rings. The van der Waals surface area contributed by atoms with Crippen molar-refractivity contribution in [3.63, 3.8) is 0 Å². The van der Waals surface area contributed by atoms with Crippen LogP contribution in [0.5, 0.6) is 0 Å². The smallest absolute Gasteiger partial charge is 0.109 e. The van der Waals surface area contributed by atoms with Crippen molar-refractivity contribution in [3.05, 3.63) is 129 Å². The van der Waals surface area contributed by atoms with Crippen LogP contribution in [0.3, 0.4) is 0 Å². The van der Waals surface area contributed by atoms with E-state index in [0.29, 0.717) is 5.56 Å². The molecule has 0 aliphatic heterocycles. The van der Waals surface area contributed by atoms with Gasteiger partial charge in [0, 0.05) is 5.92 Å². The molecule has 4 aromatic rings. The molecule has 204 valence electrons. The Bertz CT molecular complexity index is 1450. The molecule has 4 atom stereocenters. The number of fused-ring (bicyclic) bond motifs is 4. The summed E-state index contributed by atoms with van der Waals surface area (Å²) in [6.45, 7) is 10.3. The van der Waals surface area contributed by atoms with Gasteiger partial charge >= 0.3 is 0 Å². The van der Waals surface area contributed by atoms with Crippen LogP contribution in [0.1, 0.15) is 66.4 Å². The number of benzene rings is 4. The topological polar surface area (TPSA) is 60.7 Å². The molecule has 0 saturated heterocycles. The first-order chi connectivity index (χ1) is 19.2. The second kappa shape index (κ2) is 11.4. The first-order valence-corrected chi connectivity index (χ1v) is 14.0. The van der Waals surface area contributed by atoms with E-state index >= 15 is 0 Å². The summed E-state index contributed by atoms with van der Waals surface area (Å²) in [5.74, 6) is -0.00394. The van der Waals surface area contributed by atoms with Crippen molar-refractivity contribution in [3.8, 4) is 22.3 Å². The molecular formula is C37H38O3. The standard InChI is InChI=1S/C37H38O3/c1-22(24(3)36(39)27-12-8-6-9-13-27)20-29-16-18-31-33(25(29)4)32-19-17-30(26(5)34(31)32)21-23(2)35(38)37(40)28-14-10-7-11-15-28/h6-21,24,35-40H,1-5H3/b22-20+,23-21+. The summed E-state index contributed by atoms with van der Waals surface area (Å²) >= 11 is 0. The van der Waals surface area contributed by atoms with Crippen LogP contribution in [-0.2, 0) is 0 Å². The van der Waals surface area contributed by atoms with E-state index in [1.54, 1.807) is 0 Å². The highest BCUT2D eigenvalue weighted by molar-refractivity contribution is 6.07. The van der Waals surface area contributed by atoms with Gasteiger partial charge in [-0.1, -0.05) is 110 Å². The lowest BCUT2D eigenvalue weighted by molar-refractivity contribution is 0.0419. The fraction of sp³-hybridized carbons (Fsp3) is 0.243. The summed E-state index contributed by atoms with van der Waals surface area (Å²) in [4.78, 5) is 0. The van der Waals surface area contributed by atoms with Gasteiger partial charge in [0.2, 0.25) is 0 Å². The van der Waals surface area contributed by atoms with E-state index in [2.05, 4.69) is 58.0 Å². The Morgan fingerprint density at radius 2 is 1.00 bits per heavy atom. The van der Waals surface area contributed by atoms with Gasteiger partial charge in [0.15, 0.2) is 0 Å². The van der Waals surface area contributed by atoms with Crippen LogP contribution >= 0.6 is 0 Å². The van der Waals surface area contributed by atoms with Crippen LogP contribution in [0, 0.1) is 19.8 Å². The number of hydrogen-bond donors (Lipinski definition) is 3. The summed E-state index contributed by atoms with van der Waals surface area (Å²) in [5.41, 5.74) is 13.1. The molecule has 0 fully saturated rings. The first-order valence-electron chi connectivity index (χ1n) is 14.0. The summed E-state index contributed by atoms with van der Waals surface area (Å²) in [7, 11) is 0. The molecule has 0 heterocycles. The Labute approximate surface area is 237 Å². The molecule has 4 aromatic carbocycles. The average molecular weight is 531 g/mol. The van der Waals surface area contributed by atoms with Gasteiger partial charge < -0.3 is 15.3 Å². The van der Waals surface area contributed by atoms with E-state index in [1.165, 1.54) is 38.9 Å². The van der Waals surface area contributed by atoms with Crippen molar-refractivity contribution in [2.24, 2.45) is 5.92 Å². The lowest BCUT2D eigenvalue weighted by atomic mass is 9.73. The van der Waals surface area contributed by atoms with Gasteiger partial charge in [0.25, 0.3) is 0 Å². The van der Waals surface area contributed by atoms with Crippen LogP contribution in [0.2, 0.25) is 0 Å². The molecule has 0 radical (unpaired) electrons. The molecule has 40 heavy (non-hydrogen) atoms. The summed E-state index contributed by atoms with van der Waals surface area (Å²) in [6.07, 6.45) is 1.69. The van der Waals surface area contributed by atoms with Crippen molar-refractivity contribution >= 4 is 12.2 Å². The minimum absolute atomic E-state index is 0.00394. The molecule has 0 saturated carbocycles. The highest BCUT2D eigenvalue weighted by atomic mass is 16.3. The number of aliphatic hydroxyl groups is 3. The molecule has 0 bridgehead atoms. The molecule has 5 rings (SSSR count). The highest BCUT2D eigenvalue weighted by Gasteiger charge is 2.28. The SMILES string of the molecule is C/C(=C\c1ccc2c(c1C)-c1ccc(/C=C(\C)C(O)C(O)c3ccccc3)c(C)c1-2)C(C)C(O)c1ccccc1. The second-order valence-corrected chi connectivity index (χ2v) is 11.1. The van der Waals surface area contributed by atoms with E-state index in [9.17, 15) is 15.3 Å². The Morgan fingerprint density at radius 3 is 1.48 bits per heavy atom. The summed E-state index contributed by atoms with van der Waals surface area (Å²) in [5, 5.41) is 32.4. The minimum Gasteiger partial charge on any atom is -0.388 e. The van der Waals surface area contributed by atoms with E-state index in [-0.39, 0.29) is 5.92 Å². The van der Waals surface area contributed by atoms with Crippen molar-refractivity contribution in [1.29, 1.82) is 0 Å². The summed E-state index contributed by atoms with van der Waals surface area (Å²) in [6, 6.07) is 27.8. The van der Waals surface area contributed by atoms with Gasteiger partial charge in [-0.05, 0) is 88.9 Å². The number of rotatable bonds is 8. The zero-order valence-corrected chi connectivity index (χ0v) is 23.9. The quantitative estimate of drug-likeness (QED) is 0.189. The van der Waals surface area contributed by atoms with Crippen LogP contribution in [-0.4, -0.2) is 21.4 Å². The van der Waals surface area contributed by atoms with Gasteiger partial charge in [-0.15, -0.1) is 0 Å².